The number of hydrogen-bond donors (Lipinski definition) is 2. The van der Waals surface area contributed by atoms with Crippen LogP contribution in [0, 0.1) is 39.9 Å². The highest BCUT2D eigenvalue weighted by atomic mass is 19.4. The number of imide groups is 1. The highest BCUT2D eigenvalue weighted by molar-refractivity contribution is 6.01. The van der Waals surface area contributed by atoms with Crippen LogP contribution in [-0.2, 0) is 23.9 Å². The molecule has 0 aromatic heterocycles. The molecule has 1 saturated carbocycles. The molecule has 11 nitrogen and oxygen atoms in total. The van der Waals surface area contributed by atoms with E-state index in [-0.39, 0.29) is 41.0 Å². The maximum Gasteiger partial charge on any atom is 0.471 e. The molecule has 0 radical (unpaired) electrons. The Balaban J connectivity index is 1.94. The first-order valence-corrected chi connectivity index (χ1v) is 12.6. The third-order valence-corrected chi connectivity index (χ3v) is 8.06. The second-order valence-corrected chi connectivity index (χ2v) is 12.0. The molecule has 0 aromatic carbocycles. The monoisotopic (exact) mass is 557 g/mol. The first-order valence-electron chi connectivity index (χ1n) is 12.6. The lowest BCUT2D eigenvalue weighted by atomic mass is 9.84. The molecule has 0 spiro atoms. The molecule has 3 rings (SSSR count). The predicted octanol–water partition coefficient (Wildman–Crippen LogP) is 1.58. The standard InChI is InChI=1S/C25H34F3N5O6/c1-23(2,3)17(33(22(38)39-6)21(37)25(26,27)28)20(36)32-11-14-15(24(14,4)5)16(32)19(35)31-13(10-29)9-12-7-8-30-18(12)34/h12-17H,7-9,11H2,1-6H3,(H,30,34)(H,31,35)/t12-,13-,14-,15-,16-,17+/m0/s1. The van der Waals surface area contributed by atoms with E-state index in [1.54, 1.807) is 0 Å². The van der Waals surface area contributed by atoms with Crippen molar-refractivity contribution in [2.24, 2.45) is 28.6 Å². The summed E-state index contributed by atoms with van der Waals surface area (Å²) in [6.45, 7) is 8.43. The molecule has 0 unspecified atom stereocenters. The number of nitrogens with zero attached hydrogens (tertiary/aromatic N) is 3. The summed E-state index contributed by atoms with van der Waals surface area (Å²) in [5.41, 5.74) is -1.74. The van der Waals surface area contributed by atoms with E-state index in [0.717, 1.165) is 12.0 Å². The number of carbonyl (C=O) groups is 5. The Morgan fingerprint density at radius 1 is 1.26 bits per heavy atom. The Kier molecular flexibility index (Phi) is 7.98. The van der Waals surface area contributed by atoms with Gasteiger partial charge in [0, 0.05) is 19.0 Å². The number of nitriles is 1. The zero-order valence-electron chi connectivity index (χ0n) is 22.7. The second kappa shape index (κ2) is 10.3. The molecule has 0 bridgehead atoms. The number of piperidine rings is 1. The fourth-order valence-electron chi connectivity index (χ4n) is 5.93. The van der Waals surface area contributed by atoms with Gasteiger partial charge in [-0.25, -0.2) is 9.69 Å². The highest BCUT2D eigenvalue weighted by Crippen LogP contribution is 2.65. The van der Waals surface area contributed by atoms with Gasteiger partial charge in [0.15, 0.2) is 0 Å². The number of nitrogens with one attached hydrogen (secondary N) is 2. The quantitative estimate of drug-likeness (QED) is 0.504. The van der Waals surface area contributed by atoms with Gasteiger partial charge in [0.05, 0.1) is 13.2 Å². The number of halogens is 3. The lowest BCUT2D eigenvalue weighted by Crippen LogP contribution is -2.63. The van der Waals surface area contributed by atoms with Crippen molar-refractivity contribution in [1.82, 2.24) is 20.4 Å². The zero-order chi connectivity index (χ0) is 29.7. The summed E-state index contributed by atoms with van der Waals surface area (Å²) in [4.78, 5) is 65.0. The normalized spacial score (nSPS) is 27.0. The van der Waals surface area contributed by atoms with Gasteiger partial charge >= 0.3 is 18.2 Å². The summed E-state index contributed by atoms with van der Waals surface area (Å²) in [6, 6.07) is -2.18. The third kappa shape index (κ3) is 5.67. The van der Waals surface area contributed by atoms with Gasteiger partial charge in [-0.1, -0.05) is 34.6 Å². The molecule has 2 aliphatic heterocycles. The fraction of sp³-hybridized carbons (Fsp3) is 0.760. The van der Waals surface area contributed by atoms with Gasteiger partial charge in [-0.15, -0.1) is 0 Å². The van der Waals surface area contributed by atoms with Crippen LogP contribution >= 0.6 is 0 Å². The van der Waals surface area contributed by atoms with E-state index in [2.05, 4.69) is 15.4 Å². The van der Waals surface area contributed by atoms with Crippen molar-refractivity contribution < 1.29 is 41.9 Å². The van der Waals surface area contributed by atoms with Crippen molar-refractivity contribution in [3.63, 3.8) is 0 Å². The van der Waals surface area contributed by atoms with Gasteiger partial charge in [-0.3, -0.25) is 19.2 Å². The topological polar surface area (TPSA) is 149 Å². The molecule has 0 aromatic rings. The van der Waals surface area contributed by atoms with Crippen LogP contribution in [0.1, 0.15) is 47.5 Å². The minimum absolute atomic E-state index is 0.0125. The number of rotatable bonds is 6. The number of carbonyl (C=O) groups excluding carboxylic acids is 5. The molecular formula is C25H34F3N5O6. The van der Waals surface area contributed by atoms with E-state index < -0.39 is 59.4 Å². The summed E-state index contributed by atoms with van der Waals surface area (Å²) in [7, 11) is 0.791. The van der Waals surface area contributed by atoms with Gasteiger partial charge in [0.1, 0.15) is 18.1 Å². The molecule has 3 fully saturated rings. The molecule has 2 saturated heterocycles. The third-order valence-electron chi connectivity index (χ3n) is 8.06. The van der Waals surface area contributed by atoms with E-state index in [4.69, 9.17) is 0 Å². The van der Waals surface area contributed by atoms with Gasteiger partial charge in [-0.2, -0.15) is 18.4 Å². The largest absolute Gasteiger partial charge is 0.471 e. The molecule has 3 aliphatic rings. The van der Waals surface area contributed by atoms with Crippen molar-refractivity contribution in [1.29, 1.82) is 5.26 Å². The highest BCUT2D eigenvalue weighted by Gasteiger charge is 2.70. The first-order chi connectivity index (χ1) is 17.9. The molecule has 2 heterocycles. The smallest absolute Gasteiger partial charge is 0.452 e. The fourth-order valence-corrected chi connectivity index (χ4v) is 5.93. The van der Waals surface area contributed by atoms with E-state index in [9.17, 15) is 42.4 Å². The zero-order valence-corrected chi connectivity index (χ0v) is 22.7. The van der Waals surface area contributed by atoms with Crippen LogP contribution in [0.4, 0.5) is 18.0 Å². The Labute approximate surface area is 224 Å². The molecule has 6 atom stereocenters. The molecule has 14 heteroatoms. The molecule has 216 valence electrons. The number of hydrogen-bond acceptors (Lipinski definition) is 7. The average Bonchev–Trinajstić information content (AvgIpc) is 3.18. The number of ether oxygens (including phenoxy) is 1. The number of amides is 5. The maximum atomic E-state index is 13.9. The minimum Gasteiger partial charge on any atom is -0.452 e. The van der Waals surface area contributed by atoms with Crippen LogP contribution in [0.25, 0.3) is 0 Å². The van der Waals surface area contributed by atoms with Crippen molar-refractivity contribution >= 4 is 29.7 Å². The van der Waals surface area contributed by atoms with Crippen LogP contribution in [0.3, 0.4) is 0 Å². The van der Waals surface area contributed by atoms with Crippen LogP contribution in [0.2, 0.25) is 0 Å². The number of methoxy groups -OCH3 is 1. The molecule has 2 N–H and O–H groups in total. The van der Waals surface area contributed by atoms with Gasteiger partial charge in [0.2, 0.25) is 17.7 Å². The van der Waals surface area contributed by atoms with Gasteiger partial charge in [-0.05, 0) is 35.5 Å². The van der Waals surface area contributed by atoms with Crippen LogP contribution in [0.5, 0.6) is 0 Å². The SMILES string of the molecule is COC(=O)N(C(=O)C(F)(F)F)[C@H](C(=O)N1C[C@H]2[C@@H]([C@H]1C(=O)N[C@H](C#N)C[C@@H]1CCNC1=O)C2(C)C)C(C)(C)C. The van der Waals surface area contributed by atoms with E-state index in [1.807, 2.05) is 19.9 Å². The first kappa shape index (κ1) is 30.2. The van der Waals surface area contributed by atoms with Crippen LogP contribution in [0.15, 0.2) is 0 Å². The van der Waals surface area contributed by atoms with Crippen LogP contribution in [-0.4, -0.2) is 84.0 Å². The molecule has 39 heavy (non-hydrogen) atoms. The Hall–Kier alpha value is -3.37. The lowest BCUT2D eigenvalue weighted by molar-refractivity contribution is -0.189. The van der Waals surface area contributed by atoms with Crippen molar-refractivity contribution in [2.75, 3.05) is 20.2 Å². The predicted molar refractivity (Wildman–Crippen MR) is 128 cm³/mol. The summed E-state index contributed by atoms with van der Waals surface area (Å²) >= 11 is 0. The van der Waals surface area contributed by atoms with E-state index in [1.165, 1.54) is 20.8 Å². The Bertz CT molecular complexity index is 1100. The minimum atomic E-state index is -5.48. The van der Waals surface area contributed by atoms with Crippen molar-refractivity contribution in [3.8, 4) is 6.07 Å². The summed E-state index contributed by atoms with van der Waals surface area (Å²) in [6.07, 6.45) is -6.57. The second-order valence-electron chi connectivity index (χ2n) is 12.0. The average molecular weight is 558 g/mol. The number of fused-ring (bicyclic) bond motifs is 1. The van der Waals surface area contributed by atoms with E-state index in [0.29, 0.717) is 13.0 Å². The molecule has 1 aliphatic carbocycles. The summed E-state index contributed by atoms with van der Waals surface area (Å²) in [5, 5.41) is 14.9. The Morgan fingerprint density at radius 3 is 2.33 bits per heavy atom. The van der Waals surface area contributed by atoms with Gasteiger partial charge in [0.25, 0.3) is 0 Å². The van der Waals surface area contributed by atoms with Crippen molar-refractivity contribution in [2.45, 2.75) is 71.8 Å². The van der Waals surface area contributed by atoms with Crippen molar-refractivity contribution in [3.05, 3.63) is 0 Å². The van der Waals surface area contributed by atoms with Gasteiger partial charge < -0.3 is 20.3 Å². The maximum absolute atomic E-state index is 13.9. The Morgan fingerprint density at radius 2 is 1.87 bits per heavy atom. The van der Waals surface area contributed by atoms with E-state index >= 15 is 0 Å². The summed E-state index contributed by atoms with van der Waals surface area (Å²) < 4.78 is 44.9. The molecular weight excluding hydrogens is 523 g/mol. The molecule has 5 amide bonds. The lowest BCUT2D eigenvalue weighted by Gasteiger charge is -2.41. The number of likely N-dealkylation sites (tertiary alicyclic amines) is 1. The summed E-state index contributed by atoms with van der Waals surface area (Å²) in [5.74, 6) is -5.48. The van der Waals surface area contributed by atoms with Crippen LogP contribution < -0.4 is 10.6 Å². The number of alkyl halides is 3.